The van der Waals surface area contributed by atoms with Gasteiger partial charge in [-0.1, -0.05) is 97.3 Å². The molecule has 0 aromatic rings. The minimum absolute atomic E-state index is 0.383. The van der Waals surface area contributed by atoms with Crippen LogP contribution in [0.15, 0.2) is 0 Å². The first-order valence-corrected chi connectivity index (χ1v) is 15.4. The van der Waals surface area contributed by atoms with Crippen molar-refractivity contribution in [2.24, 2.45) is 41.4 Å². The Hall–Kier alpha value is -0.0400. The molecule has 3 rings (SSSR count). The van der Waals surface area contributed by atoms with Gasteiger partial charge in [-0.15, -0.1) is 0 Å². The smallest absolute Gasteiger partial charge is 0.0431 e. The average molecular weight is 447 g/mol. The molecule has 1 heteroatoms. The van der Waals surface area contributed by atoms with E-state index in [1.54, 1.807) is 44.9 Å². The molecule has 3 unspecified atom stereocenters. The Morgan fingerprint density at radius 1 is 0.562 bits per heavy atom. The van der Waals surface area contributed by atoms with Crippen molar-refractivity contribution in [1.29, 1.82) is 0 Å². The molecule has 0 radical (unpaired) electrons. The highest BCUT2D eigenvalue weighted by Crippen LogP contribution is 2.49. The zero-order valence-corrected chi connectivity index (χ0v) is 22.0. The maximum atomic E-state index is 8.99. The van der Waals surface area contributed by atoms with Gasteiger partial charge in [0.05, 0.1) is 0 Å². The minimum atomic E-state index is 0.383. The maximum Gasteiger partial charge on any atom is 0.0431 e. The van der Waals surface area contributed by atoms with E-state index in [4.69, 9.17) is 5.11 Å². The van der Waals surface area contributed by atoms with Gasteiger partial charge < -0.3 is 5.11 Å². The lowest BCUT2D eigenvalue weighted by Crippen LogP contribution is -2.35. The lowest BCUT2D eigenvalue weighted by Gasteiger charge is -2.45. The van der Waals surface area contributed by atoms with Crippen molar-refractivity contribution in [2.45, 2.75) is 149 Å². The quantitative estimate of drug-likeness (QED) is 0.279. The standard InChI is InChI=1S/C31H58O/c1-3-5-6-8-11-25-13-17-28(18-14-25)30-21-22-31(27(4-2)24-30)29-19-15-26(16-20-29)12-9-7-10-23-32/h25-32H,3-24H2,1-2H3. The van der Waals surface area contributed by atoms with E-state index < -0.39 is 0 Å². The molecule has 32 heavy (non-hydrogen) atoms. The zero-order chi connectivity index (χ0) is 22.6. The van der Waals surface area contributed by atoms with Gasteiger partial charge in [-0.2, -0.15) is 0 Å². The van der Waals surface area contributed by atoms with Crippen LogP contribution in [0.2, 0.25) is 0 Å². The molecule has 0 aliphatic heterocycles. The third-order valence-corrected chi connectivity index (χ3v) is 10.4. The summed E-state index contributed by atoms with van der Waals surface area (Å²) in [4.78, 5) is 0. The van der Waals surface area contributed by atoms with Crippen molar-refractivity contribution < 1.29 is 5.11 Å². The fourth-order valence-electron chi connectivity index (χ4n) is 8.28. The average Bonchev–Trinajstić information content (AvgIpc) is 2.85. The molecule has 1 N–H and O–H groups in total. The molecule has 0 saturated heterocycles. The van der Waals surface area contributed by atoms with Gasteiger partial charge in [0.2, 0.25) is 0 Å². The van der Waals surface area contributed by atoms with Crippen LogP contribution in [0.5, 0.6) is 0 Å². The molecular formula is C31H58O. The van der Waals surface area contributed by atoms with Gasteiger partial charge in [0.1, 0.15) is 0 Å². The van der Waals surface area contributed by atoms with Crippen molar-refractivity contribution in [2.75, 3.05) is 6.61 Å². The topological polar surface area (TPSA) is 20.2 Å². The molecule has 3 aliphatic carbocycles. The predicted molar refractivity (Wildman–Crippen MR) is 140 cm³/mol. The number of hydrogen-bond acceptors (Lipinski definition) is 1. The number of aliphatic hydroxyl groups excluding tert-OH is 1. The summed E-state index contributed by atoms with van der Waals surface area (Å²) in [6.45, 7) is 5.21. The molecule has 188 valence electrons. The number of rotatable bonds is 13. The molecule has 0 heterocycles. The summed E-state index contributed by atoms with van der Waals surface area (Å²) in [6, 6.07) is 0. The molecule has 0 amide bonds. The molecular weight excluding hydrogens is 388 g/mol. The molecule has 3 atom stereocenters. The molecule has 3 fully saturated rings. The second-order valence-electron chi connectivity index (χ2n) is 12.4. The third-order valence-electron chi connectivity index (χ3n) is 10.4. The molecule has 1 nitrogen and oxygen atoms in total. The summed E-state index contributed by atoms with van der Waals surface area (Å²) in [5.74, 6) is 7.35. The Labute approximate surface area is 201 Å². The first-order valence-electron chi connectivity index (χ1n) is 15.4. The van der Waals surface area contributed by atoms with E-state index >= 15 is 0 Å². The highest BCUT2D eigenvalue weighted by Gasteiger charge is 2.39. The number of aliphatic hydroxyl groups is 1. The van der Waals surface area contributed by atoms with E-state index in [9.17, 15) is 0 Å². The van der Waals surface area contributed by atoms with E-state index in [1.165, 1.54) is 83.5 Å². The molecule has 0 spiro atoms. The van der Waals surface area contributed by atoms with Crippen molar-refractivity contribution in [1.82, 2.24) is 0 Å². The Kier molecular flexibility index (Phi) is 12.5. The van der Waals surface area contributed by atoms with Crippen LogP contribution < -0.4 is 0 Å². The lowest BCUT2D eigenvalue weighted by molar-refractivity contribution is 0.0521. The van der Waals surface area contributed by atoms with Crippen LogP contribution >= 0.6 is 0 Å². The molecule has 0 aromatic carbocycles. The van der Waals surface area contributed by atoms with Gasteiger partial charge in [-0.3, -0.25) is 0 Å². The number of unbranched alkanes of at least 4 members (excludes halogenated alkanes) is 5. The summed E-state index contributed by atoms with van der Waals surface area (Å²) in [7, 11) is 0. The van der Waals surface area contributed by atoms with Crippen LogP contribution in [0.3, 0.4) is 0 Å². The summed E-state index contributed by atoms with van der Waals surface area (Å²) in [6.07, 6.45) is 30.8. The Balaban J connectivity index is 1.35. The molecule has 0 bridgehead atoms. The van der Waals surface area contributed by atoms with E-state index in [0.29, 0.717) is 6.61 Å². The zero-order valence-electron chi connectivity index (χ0n) is 22.0. The first-order chi connectivity index (χ1) is 15.7. The van der Waals surface area contributed by atoms with Gasteiger partial charge in [0.15, 0.2) is 0 Å². The van der Waals surface area contributed by atoms with Crippen LogP contribution in [0, 0.1) is 41.4 Å². The molecule has 0 aromatic heterocycles. The van der Waals surface area contributed by atoms with Gasteiger partial charge in [0.25, 0.3) is 0 Å². The summed E-state index contributed by atoms with van der Waals surface area (Å²) in [5.41, 5.74) is 0. The van der Waals surface area contributed by atoms with Crippen LogP contribution in [0.1, 0.15) is 149 Å². The Morgan fingerprint density at radius 2 is 1.12 bits per heavy atom. The maximum absolute atomic E-state index is 8.99. The monoisotopic (exact) mass is 446 g/mol. The highest BCUT2D eigenvalue weighted by molar-refractivity contribution is 4.89. The van der Waals surface area contributed by atoms with Crippen molar-refractivity contribution >= 4 is 0 Å². The second-order valence-corrected chi connectivity index (χ2v) is 12.4. The van der Waals surface area contributed by atoms with E-state index in [0.717, 1.165) is 47.8 Å². The van der Waals surface area contributed by atoms with Gasteiger partial charge in [-0.05, 0) is 92.8 Å². The van der Waals surface area contributed by atoms with Gasteiger partial charge >= 0.3 is 0 Å². The Bertz CT molecular complexity index is 457. The fourth-order valence-corrected chi connectivity index (χ4v) is 8.28. The van der Waals surface area contributed by atoms with Crippen LogP contribution in [-0.4, -0.2) is 11.7 Å². The Morgan fingerprint density at radius 3 is 1.69 bits per heavy atom. The largest absolute Gasteiger partial charge is 0.396 e. The summed E-state index contributed by atoms with van der Waals surface area (Å²) < 4.78 is 0. The third kappa shape index (κ3) is 8.32. The van der Waals surface area contributed by atoms with Gasteiger partial charge in [-0.25, -0.2) is 0 Å². The van der Waals surface area contributed by atoms with Crippen molar-refractivity contribution in [3.63, 3.8) is 0 Å². The number of hydrogen-bond donors (Lipinski definition) is 1. The normalized spacial score (nSPS) is 36.3. The van der Waals surface area contributed by atoms with Crippen LogP contribution in [0.25, 0.3) is 0 Å². The fraction of sp³-hybridized carbons (Fsp3) is 1.00. The molecule has 3 aliphatic rings. The predicted octanol–water partition coefficient (Wildman–Crippen LogP) is 9.56. The summed E-state index contributed by atoms with van der Waals surface area (Å²) >= 11 is 0. The summed E-state index contributed by atoms with van der Waals surface area (Å²) in [5, 5.41) is 8.99. The first kappa shape index (κ1) is 26.6. The van der Waals surface area contributed by atoms with E-state index in [1.807, 2.05) is 0 Å². The van der Waals surface area contributed by atoms with Crippen LogP contribution in [-0.2, 0) is 0 Å². The molecule has 3 saturated carbocycles. The highest BCUT2D eigenvalue weighted by atomic mass is 16.2. The van der Waals surface area contributed by atoms with E-state index in [-0.39, 0.29) is 0 Å². The van der Waals surface area contributed by atoms with E-state index in [2.05, 4.69) is 13.8 Å². The van der Waals surface area contributed by atoms with Crippen LogP contribution in [0.4, 0.5) is 0 Å². The SMILES string of the molecule is CCCCCCC1CCC(C2CCC(C3CCC(CCCCCO)CC3)C(CC)C2)CC1. The van der Waals surface area contributed by atoms with Crippen molar-refractivity contribution in [3.8, 4) is 0 Å². The van der Waals surface area contributed by atoms with Gasteiger partial charge in [0, 0.05) is 6.61 Å². The van der Waals surface area contributed by atoms with Crippen molar-refractivity contribution in [3.05, 3.63) is 0 Å². The lowest BCUT2D eigenvalue weighted by atomic mass is 9.60. The minimum Gasteiger partial charge on any atom is -0.396 e. The second kappa shape index (κ2) is 15.1.